The predicted octanol–water partition coefficient (Wildman–Crippen LogP) is 1.29. The van der Waals surface area contributed by atoms with Crippen molar-refractivity contribution in [3.63, 3.8) is 0 Å². The fourth-order valence-corrected chi connectivity index (χ4v) is 2.55. The Morgan fingerprint density at radius 2 is 2.20 bits per heavy atom. The second-order valence-electron chi connectivity index (χ2n) is 5.18. The van der Waals surface area contributed by atoms with Crippen LogP contribution in [0.5, 0.6) is 0 Å². The normalized spacial score (nSPS) is 30.6. The molecule has 2 N–H and O–H groups in total. The van der Waals surface area contributed by atoms with E-state index in [0.29, 0.717) is 5.54 Å². The van der Waals surface area contributed by atoms with Gasteiger partial charge in [-0.15, -0.1) is 0 Å². The highest BCUT2D eigenvalue weighted by Crippen LogP contribution is 2.19. The van der Waals surface area contributed by atoms with Crippen molar-refractivity contribution in [2.24, 2.45) is 0 Å². The fraction of sp³-hybridized carbons (Fsp3) is 1.00. The van der Waals surface area contributed by atoms with Crippen molar-refractivity contribution < 1.29 is 4.74 Å². The molecule has 0 radical (unpaired) electrons. The van der Waals surface area contributed by atoms with Crippen molar-refractivity contribution in [3.8, 4) is 0 Å². The summed E-state index contributed by atoms with van der Waals surface area (Å²) in [5.74, 6) is 0. The maximum absolute atomic E-state index is 5.39. The van der Waals surface area contributed by atoms with Crippen LogP contribution in [0.4, 0.5) is 0 Å². The summed E-state index contributed by atoms with van der Waals surface area (Å²) in [6.45, 7) is 6.54. The Hall–Kier alpha value is -0.120. The van der Waals surface area contributed by atoms with E-state index < -0.39 is 0 Å². The predicted molar refractivity (Wildman–Crippen MR) is 62.1 cm³/mol. The van der Waals surface area contributed by atoms with Gasteiger partial charge in [0.15, 0.2) is 0 Å². The van der Waals surface area contributed by atoms with Gasteiger partial charge >= 0.3 is 0 Å². The Balaban J connectivity index is 1.63. The quantitative estimate of drug-likeness (QED) is 0.736. The van der Waals surface area contributed by atoms with Crippen LogP contribution in [-0.4, -0.2) is 37.9 Å². The number of hydrogen-bond acceptors (Lipinski definition) is 3. The second-order valence-corrected chi connectivity index (χ2v) is 5.18. The largest absolute Gasteiger partial charge is 0.381 e. The molecule has 0 aliphatic carbocycles. The molecule has 1 atom stereocenters. The van der Waals surface area contributed by atoms with Gasteiger partial charge in [-0.25, -0.2) is 0 Å². The zero-order valence-corrected chi connectivity index (χ0v) is 9.85. The van der Waals surface area contributed by atoms with Crippen LogP contribution in [0.25, 0.3) is 0 Å². The minimum absolute atomic E-state index is 0.330. The van der Waals surface area contributed by atoms with Crippen LogP contribution in [0.3, 0.4) is 0 Å². The Kier molecular flexibility index (Phi) is 4.00. The number of rotatable bonds is 4. The lowest BCUT2D eigenvalue weighted by atomic mass is 9.92. The van der Waals surface area contributed by atoms with Crippen molar-refractivity contribution in [2.45, 2.75) is 50.6 Å². The van der Waals surface area contributed by atoms with Gasteiger partial charge < -0.3 is 15.4 Å². The third-order valence-electron chi connectivity index (χ3n) is 3.80. The molecular formula is C12H24N2O. The SMILES string of the molecule is CC1(NCCC2CCCN2)CCOCC1. The van der Waals surface area contributed by atoms with Crippen molar-refractivity contribution in [1.82, 2.24) is 10.6 Å². The average molecular weight is 212 g/mol. The molecule has 2 heterocycles. The van der Waals surface area contributed by atoms with Gasteiger partial charge in [0.2, 0.25) is 0 Å². The summed E-state index contributed by atoms with van der Waals surface area (Å²) in [7, 11) is 0. The molecule has 0 bridgehead atoms. The molecule has 15 heavy (non-hydrogen) atoms. The first-order valence-corrected chi connectivity index (χ1v) is 6.35. The average Bonchev–Trinajstić information content (AvgIpc) is 2.71. The van der Waals surface area contributed by atoms with E-state index in [0.717, 1.165) is 38.6 Å². The van der Waals surface area contributed by atoms with Crippen molar-refractivity contribution in [2.75, 3.05) is 26.3 Å². The first-order chi connectivity index (χ1) is 7.29. The summed E-state index contributed by atoms with van der Waals surface area (Å²) in [5.41, 5.74) is 0.330. The standard InChI is InChI=1S/C12H24N2O/c1-12(5-9-15-10-6-12)14-8-4-11-3-2-7-13-11/h11,13-14H,2-10H2,1H3. The van der Waals surface area contributed by atoms with Crippen LogP contribution in [-0.2, 0) is 4.74 Å². The molecule has 0 aromatic rings. The lowest BCUT2D eigenvalue weighted by Gasteiger charge is -2.35. The molecule has 2 aliphatic heterocycles. The van der Waals surface area contributed by atoms with Crippen LogP contribution in [0.15, 0.2) is 0 Å². The maximum atomic E-state index is 5.39. The van der Waals surface area contributed by atoms with Crippen LogP contribution in [0.2, 0.25) is 0 Å². The Bertz CT molecular complexity index is 184. The smallest absolute Gasteiger partial charge is 0.0483 e. The lowest BCUT2D eigenvalue weighted by molar-refractivity contribution is 0.0451. The minimum atomic E-state index is 0.330. The van der Waals surface area contributed by atoms with E-state index in [-0.39, 0.29) is 0 Å². The number of hydrogen-bond donors (Lipinski definition) is 2. The highest BCUT2D eigenvalue weighted by Gasteiger charge is 2.26. The zero-order valence-electron chi connectivity index (χ0n) is 9.85. The monoisotopic (exact) mass is 212 g/mol. The van der Waals surface area contributed by atoms with Gasteiger partial charge in [-0.1, -0.05) is 0 Å². The molecule has 0 aromatic carbocycles. The minimum Gasteiger partial charge on any atom is -0.381 e. The summed E-state index contributed by atoms with van der Waals surface area (Å²) in [4.78, 5) is 0. The molecule has 2 fully saturated rings. The molecule has 0 saturated carbocycles. The van der Waals surface area contributed by atoms with Crippen LogP contribution in [0, 0.1) is 0 Å². The van der Waals surface area contributed by atoms with Crippen LogP contribution >= 0.6 is 0 Å². The molecule has 88 valence electrons. The van der Waals surface area contributed by atoms with Gasteiger partial charge in [0.25, 0.3) is 0 Å². The molecule has 3 heteroatoms. The summed E-state index contributed by atoms with van der Waals surface area (Å²) in [6.07, 6.45) is 6.31. The molecule has 0 spiro atoms. The van der Waals surface area contributed by atoms with Crippen molar-refractivity contribution >= 4 is 0 Å². The number of nitrogens with one attached hydrogen (secondary N) is 2. The molecule has 0 aromatic heterocycles. The zero-order chi connectivity index (χ0) is 10.6. The Morgan fingerprint density at radius 3 is 2.87 bits per heavy atom. The summed E-state index contributed by atoms with van der Waals surface area (Å²) in [6, 6.07) is 0.765. The highest BCUT2D eigenvalue weighted by atomic mass is 16.5. The third-order valence-corrected chi connectivity index (χ3v) is 3.80. The van der Waals surface area contributed by atoms with Crippen LogP contribution in [0.1, 0.15) is 39.0 Å². The lowest BCUT2D eigenvalue weighted by Crippen LogP contribution is -2.47. The van der Waals surface area contributed by atoms with E-state index in [1.165, 1.54) is 25.8 Å². The van der Waals surface area contributed by atoms with E-state index in [9.17, 15) is 0 Å². The van der Waals surface area contributed by atoms with Gasteiger partial charge in [-0.05, 0) is 52.1 Å². The summed E-state index contributed by atoms with van der Waals surface area (Å²) >= 11 is 0. The molecular weight excluding hydrogens is 188 g/mol. The van der Waals surface area contributed by atoms with Gasteiger partial charge in [0.1, 0.15) is 0 Å². The van der Waals surface area contributed by atoms with E-state index in [1.807, 2.05) is 0 Å². The molecule has 1 unspecified atom stereocenters. The van der Waals surface area contributed by atoms with Crippen molar-refractivity contribution in [1.29, 1.82) is 0 Å². The summed E-state index contributed by atoms with van der Waals surface area (Å²) in [5, 5.41) is 7.25. The van der Waals surface area contributed by atoms with Crippen LogP contribution < -0.4 is 10.6 Å². The second kappa shape index (κ2) is 5.28. The maximum Gasteiger partial charge on any atom is 0.0483 e. The van der Waals surface area contributed by atoms with E-state index >= 15 is 0 Å². The fourth-order valence-electron chi connectivity index (χ4n) is 2.55. The molecule has 2 rings (SSSR count). The molecule has 3 nitrogen and oxygen atoms in total. The van der Waals surface area contributed by atoms with E-state index in [4.69, 9.17) is 4.74 Å². The first-order valence-electron chi connectivity index (χ1n) is 6.35. The van der Waals surface area contributed by atoms with Gasteiger partial charge in [-0.3, -0.25) is 0 Å². The van der Waals surface area contributed by atoms with E-state index in [2.05, 4.69) is 17.6 Å². The van der Waals surface area contributed by atoms with Gasteiger partial charge in [0.05, 0.1) is 0 Å². The topological polar surface area (TPSA) is 33.3 Å². The van der Waals surface area contributed by atoms with Gasteiger partial charge in [0, 0.05) is 24.8 Å². The molecule has 2 saturated heterocycles. The third kappa shape index (κ3) is 3.44. The number of ether oxygens (including phenoxy) is 1. The van der Waals surface area contributed by atoms with Crippen molar-refractivity contribution in [3.05, 3.63) is 0 Å². The van der Waals surface area contributed by atoms with Gasteiger partial charge in [-0.2, -0.15) is 0 Å². The molecule has 2 aliphatic rings. The highest BCUT2D eigenvalue weighted by molar-refractivity contribution is 4.86. The Morgan fingerprint density at radius 1 is 1.40 bits per heavy atom. The molecule has 0 amide bonds. The van der Waals surface area contributed by atoms with E-state index in [1.54, 1.807) is 0 Å². The Labute approximate surface area is 93.0 Å². The first kappa shape index (κ1) is 11.4. The summed E-state index contributed by atoms with van der Waals surface area (Å²) < 4.78 is 5.39.